The second-order valence-electron chi connectivity index (χ2n) is 10.6. The van der Waals surface area contributed by atoms with Crippen LogP contribution in [0.3, 0.4) is 0 Å². The van der Waals surface area contributed by atoms with E-state index in [0.29, 0.717) is 17.7 Å². The van der Waals surface area contributed by atoms with E-state index in [2.05, 4.69) is 10.2 Å². The molecule has 3 rings (SSSR count). The van der Waals surface area contributed by atoms with Gasteiger partial charge in [-0.1, -0.05) is 26.0 Å². The normalized spacial score (nSPS) is 21.0. The lowest BCUT2D eigenvalue weighted by Gasteiger charge is -2.43. The predicted octanol–water partition coefficient (Wildman–Crippen LogP) is 2.44. The molecule has 1 unspecified atom stereocenters. The molecule has 1 aromatic carbocycles. The Morgan fingerprint density at radius 2 is 1.49 bits per heavy atom. The molecule has 0 bridgehead atoms. The van der Waals surface area contributed by atoms with Crippen LogP contribution in [0, 0.1) is 0 Å². The Kier molecular flexibility index (Phi) is 12.3. The van der Waals surface area contributed by atoms with E-state index in [-0.39, 0.29) is 24.8 Å². The number of nitrogens with zero attached hydrogens (tertiary/aromatic N) is 1. The average molecular weight is 635 g/mol. The number of carboxylic acid groups (broad SMARTS) is 1. The number of carbonyl (C=O) groups is 5. The van der Waals surface area contributed by atoms with Crippen LogP contribution in [-0.2, 0) is 54.1 Å². The second kappa shape index (κ2) is 15.9. The minimum Gasteiger partial charge on any atom is -0.493 e. The van der Waals surface area contributed by atoms with Crippen molar-refractivity contribution in [2.24, 2.45) is 0 Å². The zero-order chi connectivity index (χ0) is 33.3. The molecule has 0 spiro atoms. The van der Waals surface area contributed by atoms with Gasteiger partial charge in [-0.05, 0) is 23.6 Å². The van der Waals surface area contributed by atoms with Gasteiger partial charge in [-0.15, -0.1) is 5.10 Å². The zero-order valence-corrected chi connectivity index (χ0v) is 25.9. The number of aromatic amines is 1. The van der Waals surface area contributed by atoms with Crippen molar-refractivity contribution in [2.75, 3.05) is 13.2 Å². The molecule has 45 heavy (non-hydrogen) atoms. The van der Waals surface area contributed by atoms with Gasteiger partial charge in [0.1, 0.15) is 18.5 Å². The molecule has 1 aliphatic rings. The third-order valence-corrected chi connectivity index (χ3v) is 6.50. The number of aliphatic carboxylic acids is 1. The van der Waals surface area contributed by atoms with Gasteiger partial charge >= 0.3 is 29.8 Å². The van der Waals surface area contributed by atoms with Crippen molar-refractivity contribution < 1.29 is 62.2 Å². The predicted molar refractivity (Wildman–Crippen MR) is 152 cm³/mol. The second-order valence-corrected chi connectivity index (χ2v) is 10.6. The van der Waals surface area contributed by atoms with E-state index in [1.165, 1.54) is 6.92 Å². The van der Waals surface area contributed by atoms with Gasteiger partial charge in [0.25, 0.3) is 0 Å². The van der Waals surface area contributed by atoms with Gasteiger partial charge in [0.15, 0.2) is 12.2 Å². The van der Waals surface area contributed by atoms with E-state index in [0.717, 1.165) is 32.0 Å². The third-order valence-electron chi connectivity index (χ3n) is 6.50. The van der Waals surface area contributed by atoms with Crippen LogP contribution in [0.15, 0.2) is 24.3 Å². The molecule has 15 nitrogen and oxygen atoms in total. The fourth-order valence-electron chi connectivity index (χ4n) is 4.66. The van der Waals surface area contributed by atoms with Crippen molar-refractivity contribution in [2.45, 2.75) is 91.0 Å². The Balaban J connectivity index is 1.97. The smallest absolute Gasteiger partial charge is 0.306 e. The first-order chi connectivity index (χ1) is 21.2. The molecule has 0 saturated carbocycles. The molecule has 1 aliphatic heterocycles. The molecule has 2 N–H and O–H groups in total. The van der Waals surface area contributed by atoms with E-state index >= 15 is 0 Å². The lowest BCUT2D eigenvalue weighted by atomic mass is 9.97. The van der Waals surface area contributed by atoms with Crippen molar-refractivity contribution in [1.29, 1.82) is 0 Å². The number of carboxylic acids is 1. The van der Waals surface area contributed by atoms with Crippen LogP contribution in [0.5, 0.6) is 11.6 Å². The maximum Gasteiger partial charge on any atom is 0.306 e. The van der Waals surface area contributed by atoms with Crippen molar-refractivity contribution in [3.05, 3.63) is 41.1 Å². The molecule has 0 radical (unpaired) electrons. The van der Waals surface area contributed by atoms with Crippen LogP contribution >= 0.6 is 0 Å². The summed E-state index contributed by atoms with van der Waals surface area (Å²) >= 11 is 0. The Morgan fingerprint density at radius 3 is 2.04 bits per heavy atom. The lowest BCUT2D eigenvalue weighted by molar-refractivity contribution is -0.289. The van der Waals surface area contributed by atoms with Gasteiger partial charge < -0.3 is 38.3 Å². The first kappa shape index (κ1) is 34.8. The average Bonchev–Trinajstić information content (AvgIpc) is 3.33. The van der Waals surface area contributed by atoms with Gasteiger partial charge in [0, 0.05) is 45.4 Å². The molecule has 0 amide bonds. The van der Waals surface area contributed by atoms with Crippen molar-refractivity contribution in [3.63, 3.8) is 0 Å². The summed E-state index contributed by atoms with van der Waals surface area (Å²) in [5.41, 5.74) is 2.24. The minimum absolute atomic E-state index is 0.0149. The fraction of sp³-hybridized carbons (Fsp3) is 0.533. The zero-order valence-electron chi connectivity index (χ0n) is 25.9. The largest absolute Gasteiger partial charge is 0.493 e. The maximum atomic E-state index is 12.2. The van der Waals surface area contributed by atoms with Crippen LogP contribution < -0.4 is 9.47 Å². The van der Waals surface area contributed by atoms with E-state index in [9.17, 15) is 24.0 Å². The van der Waals surface area contributed by atoms with Gasteiger partial charge in [0.2, 0.25) is 18.3 Å². The lowest BCUT2D eigenvalue weighted by Crippen LogP contribution is -2.63. The Bertz CT molecular complexity index is 1350. The Labute approximate surface area is 259 Å². The maximum absolute atomic E-state index is 12.2. The highest BCUT2D eigenvalue weighted by atomic mass is 16.7. The topological polar surface area (TPSA) is 199 Å². The molecule has 0 aliphatic carbocycles. The molecule has 2 aromatic rings. The molecule has 2 heterocycles. The van der Waals surface area contributed by atoms with Crippen LogP contribution in [0.25, 0.3) is 0 Å². The van der Waals surface area contributed by atoms with Crippen LogP contribution in [0.4, 0.5) is 0 Å². The van der Waals surface area contributed by atoms with E-state index in [4.69, 9.17) is 38.3 Å². The molecule has 246 valence electrons. The minimum atomic E-state index is -1.45. The number of nitrogens with one attached hydrogen (secondary N) is 1. The summed E-state index contributed by atoms with van der Waals surface area (Å²) in [4.78, 5) is 58.7. The molecule has 5 atom stereocenters. The number of benzene rings is 1. The van der Waals surface area contributed by atoms with Gasteiger partial charge in [-0.25, -0.2) is 0 Å². The first-order valence-corrected chi connectivity index (χ1v) is 14.2. The number of H-pyrrole nitrogens is 1. The summed E-state index contributed by atoms with van der Waals surface area (Å²) in [5, 5.41) is 16.1. The summed E-state index contributed by atoms with van der Waals surface area (Å²) in [6.45, 7) is 8.12. The SMILES string of the molecule is CC(=O)OC[C@H]1OC(Oc2n[nH]c(C(C)C)c2Cc2ccc(OCCC(=O)O)cc2)[C@H](OC(C)=O)[C@@H](OC(C)=O)[C@H]1OC(C)=O. The monoisotopic (exact) mass is 634 g/mol. The van der Waals surface area contributed by atoms with Gasteiger partial charge in [-0.3, -0.25) is 29.1 Å². The number of ether oxygens (including phenoxy) is 7. The molecular formula is C30H38N2O13. The highest BCUT2D eigenvalue weighted by Crippen LogP contribution is 2.34. The van der Waals surface area contributed by atoms with Gasteiger partial charge in [-0.2, -0.15) is 0 Å². The molecule has 1 aromatic heterocycles. The summed E-state index contributed by atoms with van der Waals surface area (Å²) in [6, 6.07) is 7.05. The molecular weight excluding hydrogens is 596 g/mol. The van der Waals surface area contributed by atoms with Crippen molar-refractivity contribution in [3.8, 4) is 11.6 Å². The molecule has 15 heteroatoms. The number of hydrogen-bond acceptors (Lipinski definition) is 13. The molecule has 1 saturated heterocycles. The summed E-state index contributed by atoms with van der Waals surface area (Å²) in [7, 11) is 0. The fourth-order valence-corrected chi connectivity index (χ4v) is 4.66. The standard InChI is InChI=1S/C30H38N2O13/c1-15(2)25-22(13-20-7-9-21(10-8-20)39-12-11-24(37)38)29(32-31-25)45-30-28(43-19(6)36)27(42-18(5)35)26(41-17(4)34)23(44-30)14-40-16(3)33/h7-10,15,23,26-28,30H,11-14H2,1-6H3,(H,31,32)(H,37,38)/t23-,26+,27+,28-,30?/m1/s1. The number of aromatic nitrogens is 2. The highest BCUT2D eigenvalue weighted by molar-refractivity contribution is 5.69. The van der Waals surface area contributed by atoms with Crippen LogP contribution in [0.1, 0.15) is 70.7 Å². The number of rotatable bonds is 14. The van der Waals surface area contributed by atoms with E-state index in [1.54, 1.807) is 12.1 Å². The Hall–Kier alpha value is -4.66. The summed E-state index contributed by atoms with van der Waals surface area (Å²) in [6.07, 6.45) is -6.56. The number of esters is 4. The molecule has 1 fully saturated rings. The number of carbonyl (C=O) groups excluding carboxylic acids is 4. The number of hydrogen-bond donors (Lipinski definition) is 2. The first-order valence-electron chi connectivity index (χ1n) is 14.2. The van der Waals surface area contributed by atoms with Crippen molar-refractivity contribution in [1.82, 2.24) is 10.2 Å². The van der Waals surface area contributed by atoms with Crippen LogP contribution in [-0.4, -0.2) is 89.1 Å². The highest BCUT2D eigenvalue weighted by Gasteiger charge is 2.53. The van der Waals surface area contributed by atoms with Gasteiger partial charge in [0.05, 0.1) is 13.0 Å². The summed E-state index contributed by atoms with van der Waals surface area (Å²) < 4.78 is 39.2. The van der Waals surface area contributed by atoms with Crippen molar-refractivity contribution >= 4 is 29.8 Å². The summed E-state index contributed by atoms with van der Waals surface area (Å²) in [5.74, 6) is -3.28. The van der Waals surface area contributed by atoms with Crippen LogP contribution in [0.2, 0.25) is 0 Å². The third kappa shape index (κ3) is 10.2. The Morgan fingerprint density at radius 1 is 0.889 bits per heavy atom. The van der Waals surface area contributed by atoms with E-state index < -0.39 is 67.2 Å². The quantitative estimate of drug-likeness (QED) is 0.227. The van der Waals surface area contributed by atoms with E-state index in [1.807, 2.05) is 26.0 Å².